The molecule has 0 atom stereocenters. The molecule has 0 aliphatic carbocycles. The first-order chi connectivity index (χ1) is 9.13. The van der Waals surface area contributed by atoms with Crippen molar-refractivity contribution >= 4 is 21.7 Å². The number of Topliss-reactive ketones (excluding diaryl/α,β-unsaturated/α-hetero) is 1. The summed E-state index contributed by atoms with van der Waals surface area (Å²) < 4.78 is 2.76. The van der Waals surface area contributed by atoms with Gasteiger partial charge in [-0.05, 0) is 47.5 Å². The molecule has 0 aromatic carbocycles. The average molecular weight is 322 g/mol. The predicted octanol–water partition coefficient (Wildman–Crippen LogP) is 3.05. The summed E-state index contributed by atoms with van der Waals surface area (Å²) in [6.07, 6.45) is 2.86. The maximum Gasteiger partial charge on any atom is 0.187 e. The zero-order chi connectivity index (χ0) is 13.8. The molecule has 0 unspecified atom stereocenters. The van der Waals surface area contributed by atoms with Crippen LogP contribution in [0.3, 0.4) is 0 Å². The normalized spacial score (nSPS) is 10.7. The van der Waals surface area contributed by atoms with Crippen LogP contribution in [0.5, 0.6) is 0 Å². The molecule has 2 rings (SSSR count). The summed E-state index contributed by atoms with van der Waals surface area (Å²) in [7, 11) is 0. The van der Waals surface area contributed by atoms with Gasteiger partial charge in [0, 0.05) is 22.9 Å². The van der Waals surface area contributed by atoms with Gasteiger partial charge in [-0.15, -0.1) is 0 Å². The molecule has 0 aliphatic rings. The number of carbonyl (C=O) groups is 1. The summed E-state index contributed by atoms with van der Waals surface area (Å²) in [4.78, 5) is 16.3. The Morgan fingerprint density at radius 3 is 2.74 bits per heavy atom. The minimum absolute atomic E-state index is 0.0183. The summed E-state index contributed by atoms with van der Waals surface area (Å²) in [5.74, 6) is 0.0183. The molecule has 0 fully saturated rings. The molecule has 2 aromatic rings. The molecule has 5 heteroatoms. The smallest absolute Gasteiger partial charge is 0.187 e. The van der Waals surface area contributed by atoms with Crippen LogP contribution >= 0.6 is 15.9 Å². The van der Waals surface area contributed by atoms with Crippen LogP contribution in [0.25, 0.3) is 0 Å². The Bertz CT molecular complexity index is 575. The quantitative estimate of drug-likeness (QED) is 0.795. The number of pyridine rings is 1. The van der Waals surface area contributed by atoms with Crippen molar-refractivity contribution < 1.29 is 4.79 Å². The fourth-order valence-electron chi connectivity index (χ4n) is 1.90. The third-order valence-corrected chi connectivity index (χ3v) is 3.40. The Morgan fingerprint density at radius 2 is 2.16 bits per heavy atom. The number of ketones is 1. The van der Waals surface area contributed by atoms with Gasteiger partial charge in [0.05, 0.1) is 12.1 Å². The van der Waals surface area contributed by atoms with Gasteiger partial charge in [0.1, 0.15) is 5.69 Å². The van der Waals surface area contributed by atoms with E-state index >= 15 is 0 Å². The van der Waals surface area contributed by atoms with Crippen molar-refractivity contribution in [1.29, 1.82) is 0 Å². The highest BCUT2D eigenvalue weighted by atomic mass is 79.9. The second kappa shape index (κ2) is 6.10. The Hall–Kier alpha value is -1.49. The minimum atomic E-state index is 0.0183. The van der Waals surface area contributed by atoms with E-state index < -0.39 is 0 Å². The van der Waals surface area contributed by atoms with Crippen LogP contribution in [0.2, 0.25) is 0 Å². The Labute approximate surface area is 121 Å². The molecule has 0 bridgehead atoms. The molecule has 100 valence electrons. The van der Waals surface area contributed by atoms with Gasteiger partial charge in [-0.3, -0.25) is 14.5 Å². The third-order valence-electron chi connectivity index (χ3n) is 2.93. The Kier molecular flexibility index (Phi) is 4.47. The van der Waals surface area contributed by atoms with Crippen molar-refractivity contribution in [2.24, 2.45) is 0 Å². The van der Waals surface area contributed by atoms with Gasteiger partial charge < -0.3 is 0 Å². The number of carbonyl (C=O) groups excluding carboxylic acids is 1. The molecule has 0 aliphatic heterocycles. The minimum Gasteiger partial charge on any atom is -0.292 e. The fourth-order valence-corrected chi connectivity index (χ4v) is 2.13. The van der Waals surface area contributed by atoms with E-state index in [1.807, 2.05) is 23.7 Å². The predicted molar refractivity (Wildman–Crippen MR) is 77.3 cm³/mol. The van der Waals surface area contributed by atoms with Crippen molar-refractivity contribution in [3.05, 3.63) is 46.0 Å². The summed E-state index contributed by atoms with van der Waals surface area (Å²) in [6, 6.07) is 5.56. The number of nitrogens with zero attached hydrogens (tertiary/aromatic N) is 3. The van der Waals surface area contributed by atoms with E-state index in [-0.39, 0.29) is 5.78 Å². The lowest BCUT2D eigenvalue weighted by molar-refractivity contribution is 0.0986. The number of rotatable bonds is 5. The molecular weight excluding hydrogens is 306 g/mol. The fraction of sp³-hybridized carbons (Fsp3) is 0.357. The second-order valence-corrected chi connectivity index (χ2v) is 5.17. The topological polar surface area (TPSA) is 47.8 Å². The van der Waals surface area contributed by atoms with E-state index in [2.05, 4.69) is 32.9 Å². The number of hydrogen-bond acceptors (Lipinski definition) is 3. The highest BCUT2D eigenvalue weighted by Crippen LogP contribution is 2.12. The highest BCUT2D eigenvalue weighted by Gasteiger charge is 2.13. The van der Waals surface area contributed by atoms with Gasteiger partial charge in [0.2, 0.25) is 0 Å². The molecule has 0 saturated carbocycles. The standard InChI is InChI=1S/C14H16BrN3O/c1-3-11-7-12(18(4-2)17-11)8-14(19)13-6-5-10(15)9-16-13/h5-7,9H,3-4,8H2,1-2H3. The summed E-state index contributed by atoms with van der Waals surface area (Å²) in [5, 5.41) is 4.44. The molecule has 0 radical (unpaired) electrons. The van der Waals surface area contributed by atoms with Crippen LogP contribution in [-0.2, 0) is 19.4 Å². The molecular formula is C14H16BrN3O. The van der Waals surface area contributed by atoms with Gasteiger partial charge in [0.25, 0.3) is 0 Å². The molecule has 2 aromatic heterocycles. The van der Waals surface area contributed by atoms with Gasteiger partial charge in [-0.2, -0.15) is 5.10 Å². The van der Waals surface area contributed by atoms with Crippen LogP contribution in [0.4, 0.5) is 0 Å². The van der Waals surface area contributed by atoms with Crippen molar-refractivity contribution in [1.82, 2.24) is 14.8 Å². The summed E-state index contributed by atoms with van der Waals surface area (Å²) in [5.41, 5.74) is 2.47. The van der Waals surface area contributed by atoms with Gasteiger partial charge >= 0.3 is 0 Å². The van der Waals surface area contributed by atoms with Crippen molar-refractivity contribution in [3.8, 4) is 0 Å². The van der Waals surface area contributed by atoms with E-state index in [1.165, 1.54) is 0 Å². The monoisotopic (exact) mass is 321 g/mol. The largest absolute Gasteiger partial charge is 0.292 e. The molecule has 0 spiro atoms. The van der Waals surface area contributed by atoms with E-state index in [4.69, 9.17) is 0 Å². The zero-order valence-corrected chi connectivity index (χ0v) is 12.6. The maximum atomic E-state index is 12.2. The van der Waals surface area contributed by atoms with Crippen LogP contribution in [0.1, 0.15) is 35.7 Å². The maximum absolute atomic E-state index is 12.2. The Morgan fingerprint density at radius 1 is 1.37 bits per heavy atom. The van der Waals surface area contributed by atoms with E-state index in [9.17, 15) is 4.79 Å². The lowest BCUT2D eigenvalue weighted by Crippen LogP contribution is -2.10. The SMILES string of the molecule is CCc1cc(CC(=O)c2ccc(Br)cn2)n(CC)n1. The van der Waals surface area contributed by atoms with Gasteiger partial charge in [-0.1, -0.05) is 6.92 Å². The van der Waals surface area contributed by atoms with Crippen molar-refractivity contribution in [2.75, 3.05) is 0 Å². The van der Waals surface area contributed by atoms with E-state index in [0.717, 1.165) is 28.8 Å². The number of aryl methyl sites for hydroxylation is 2. The zero-order valence-electron chi connectivity index (χ0n) is 11.1. The lowest BCUT2D eigenvalue weighted by Gasteiger charge is -2.03. The van der Waals surface area contributed by atoms with Crippen LogP contribution < -0.4 is 0 Å². The van der Waals surface area contributed by atoms with E-state index in [0.29, 0.717) is 12.1 Å². The molecule has 0 N–H and O–H groups in total. The molecule has 19 heavy (non-hydrogen) atoms. The number of aromatic nitrogens is 3. The first-order valence-corrected chi connectivity index (χ1v) is 7.13. The number of halogens is 1. The third kappa shape index (κ3) is 3.29. The molecule has 2 heterocycles. The average Bonchev–Trinajstić information content (AvgIpc) is 2.81. The first kappa shape index (κ1) is 13.9. The van der Waals surface area contributed by atoms with Crippen LogP contribution in [-0.4, -0.2) is 20.5 Å². The lowest BCUT2D eigenvalue weighted by atomic mass is 10.1. The van der Waals surface area contributed by atoms with E-state index in [1.54, 1.807) is 12.3 Å². The molecule has 4 nitrogen and oxygen atoms in total. The van der Waals surface area contributed by atoms with Crippen LogP contribution in [0, 0.1) is 0 Å². The van der Waals surface area contributed by atoms with Gasteiger partial charge in [0.15, 0.2) is 5.78 Å². The summed E-state index contributed by atoms with van der Waals surface area (Å²) >= 11 is 3.31. The van der Waals surface area contributed by atoms with Crippen molar-refractivity contribution in [3.63, 3.8) is 0 Å². The summed E-state index contributed by atoms with van der Waals surface area (Å²) in [6.45, 7) is 4.86. The first-order valence-electron chi connectivity index (χ1n) is 6.34. The van der Waals surface area contributed by atoms with Crippen LogP contribution in [0.15, 0.2) is 28.9 Å². The van der Waals surface area contributed by atoms with Crippen molar-refractivity contribution in [2.45, 2.75) is 33.2 Å². The Balaban J connectivity index is 2.18. The van der Waals surface area contributed by atoms with Gasteiger partial charge in [-0.25, -0.2) is 0 Å². The second-order valence-electron chi connectivity index (χ2n) is 4.26. The molecule has 0 amide bonds. The molecule has 0 saturated heterocycles. The highest BCUT2D eigenvalue weighted by molar-refractivity contribution is 9.10. The number of hydrogen-bond donors (Lipinski definition) is 0.